The molecule has 19 heavy (non-hydrogen) atoms. The second kappa shape index (κ2) is 8.25. The molecule has 2 atom stereocenters. The van der Waals surface area contributed by atoms with Gasteiger partial charge in [0.2, 0.25) is 0 Å². The number of benzene rings is 1. The second-order valence-electron chi connectivity index (χ2n) is 5.13. The molecule has 0 saturated heterocycles. The van der Waals surface area contributed by atoms with Crippen molar-refractivity contribution in [2.24, 2.45) is 11.7 Å². The minimum Gasteiger partial charge on any atom is -0.385 e. The van der Waals surface area contributed by atoms with Crippen LogP contribution in [0.15, 0.2) is 24.3 Å². The highest BCUT2D eigenvalue weighted by molar-refractivity contribution is 5.21. The van der Waals surface area contributed by atoms with Crippen molar-refractivity contribution in [3.63, 3.8) is 0 Å². The van der Waals surface area contributed by atoms with Crippen molar-refractivity contribution in [2.45, 2.75) is 19.4 Å². The predicted molar refractivity (Wildman–Crippen MR) is 76.5 cm³/mol. The van der Waals surface area contributed by atoms with Crippen LogP contribution in [-0.4, -0.2) is 38.8 Å². The summed E-state index contributed by atoms with van der Waals surface area (Å²) in [5, 5.41) is 0. The molecule has 0 radical (unpaired) electrons. The average Bonchev–Trinajstić information content (AvgIpc) is 2.38. The van der Waals surface area contributed by atoms with Crippen LogP contribution in [0.5, 0.6) is 0 Å². The molecule has 0 aromatic heterocycles. The zero-order valence-corrected chi connectivity index (χ0v) is 12.1. The van der Waals surface area contributed by atoms with Crippen LogP contribution in [0, 0.1) is 11.7 Å². The van der Waals surface area contributed by atoms with Crippen LogP contribution >= 0.6 is 0 Å². The summed E-state index contributed by atoms with van der Waals surface area (Å²) in [6.07, 6.45) is 0.995. The van der Waals surface area contributed by atoms with E-state index in [0.717, 1.165) is 26.1 Å². The van der Waals surface area contributed by atoms with Crippen molar-refractivity contribution in [2.75, 3.05) is 33.9 Å². The van der Waals surface area contributed by atoms with Crippen LogP contribution in [0.3, 0.4) is 0 Å². The highest BCUT2D eigenvalue weighted by atomic mass is 19.1. The van der Waals surface area contributed by atoms with E-state index in [1.807, 2.05) is 6.07 Å². The van der Waals surface area contributed by atoms with Crippen molar-refractivity contribution in [3.8, 4) is 0 Å². The Kier molecular flexibility index (Phi) is 6.99. The standard InChI is InChI=1S/C15H25FN2O/c1-12(11-18(2)9-6-10-19-3)15(17)13-7-4-5-8-14(13)16/h4-5,7-8,12,15H,6,9-11,17H2,1-3H3. The SMILES string of the molecule is COCCCN(C)CC(C)C(N)c1ccccc1F. The van der Waals surface area contributed by atoms with Crippen LogP contribution in [0.25, 0.3) is 0 Å². The van der Waals surface area contributed by atoms with Gasteiger partial charge in [-0.15, -0.1) is 0 Å². The summed E-state index contributed by atoms with van der Waals surface area (Å²) in [6, 6.07) is 6.47. The lowest BCUT2D eigenvalue weighted by molar-refractivity contribution is 0.173. The Bertz CT molecular complexity index is 373. The lowest BCUT2D eigenvalue weighted by atomic mass is 9.94. The largest absolute Gasteiger partial charge is 0.385 e. The highest BCUT2D eigenvalue weighted by Gasteiger charge is 2.19. The molecule has 1 rings (SSSR count). The van der Waals surface area contributed by atoms with Gasteiger partial charge in [0.1, 0.15) is 5.82 Å². The molecule has 0 spiro atoms. The molecule has 4 heteroatoms. The Hall–Kier alpha value is -0.970. The topological polar surface area (TPSA) is 38.5 Å². The lowest BCUT2D eigenvalue weighted by Crippen LogP contribution is -2.32. The van der Waals surface area contributed by atoms with E-state index in [2.05, 4.69) is 18.9 Å². The van der Waals surface area contributed by atoms with E-state index in [4.69, 9.17) is 10.5 Å². The van der Waals surface area contributed by atoms with Gasteiger partial charge in [-0.3, -0.25) is 0 Å². The summed E-state index contributed by atoms with van der Waals surface area (Å²) in [7, 11) is 3.76. The maximum Gasteiger partial charge on any atom is 0.127 e. The average molecular weight is 268 g/mol. The normalized spacial score (nSPS) is 14.6. The molecule has 1 aromatic rings. The quantitative estimate of drug-likeness (QED) is 0.736. The molecule has 108 valence electrons. The fraction of sp³-hybridized carbons (Fsp3) is 0.600. The molecular formula is C15H25FN2O. The van der Waals surface area contributed by atoms with Crippen LogP contribution < -0.4 is 5.73 Å². The van der Waals surface area contributed by atoms with Gasteiger partial charge in [0.15, 0.2) is 0 Å². The summed E-state index contributed by atoms with van der Waals surface area (Å²) in [5.41, 5.74) is 6.75. The Labute approximate surface area is 115 Å². The monoisotopic (exact) mass is 268 g/mol. The highest BCUT2D eigenvalue weighted by Crippen LogP contribution is 2.22. The molecule has 0 aliphatic carbocycles. The summed E-state index contributed by atoms with van der Waals surface area (Å²) < 4.78 is 18.7. The van der Waals surface area contributed by atoms with Gasteiger partial charge >= 0.3 is 0 Å². The maximum absolute atomic E-state index is 13.7. The fourth-order valence-electron chi connectivity index (χ4n) is 2.23. The fourth-order valence-corrected chi connectivity index (χ4v) is 2.23. The number of hydrogen-bond donors (Lipinski definition) is 1. The summed E-state index contributed by atoms with van der Waals surface area (Å²) in [5.74, 6) is -0.0201. The Morgan fingerprint density at radius 3 is 2.68 bits per heavy atom. The van der Waals surface area contributed by atoms with E-state index in [9.17, 15) is 4.39 Å². The summed E-state index contributed by atoms with van der Waals surface area (Å²) in [6.45, 7) is 4.63. The second-order valence-corrected chi connectivity index (χ2v) is 5.13. The lowest BCUT2D eigenvalue weighted by Gasteiger charge is -2.26. The van der Waals surface area contributed by atoms with Crippen LogP contribution in [-0.2, 0) is 4.74 Å². The van der Waals surface area contributed by atoms with Gasteiger partial charge in [-0.2, -0.15) is 0 Å². The van der Waals surface area contributed by atoms with Gasteiger partial charge in [-0.05, 0) is 25.5 Å². The Morgan fingerprint density at radius 1 is 1.37 bits per heavy atom. The molecule has 2 N–H and O–H groups in total. The molecule has 3 nitrogen and oxygen atoms in total. The molecule has 0 saturated carbocycles. The van der Waals surface area contributed by atoms with Crippen molar-refractivity contribution >= 4 is 0 Å². The first kappa shape index (κ1) is 16.1. The van der Waals surface area contributed by atoms with Crippen molar-refractivity contribution in [1.82, 2.24) is 4.90 Å². The third-order valence-corrected chi connectivity index (χ3v) is 3.37. The third-order valence-electron chi connectivity index (χ3n) is 3.37. The molecule has 0 aliphatic heterocycles. The van der Waals surface area contributed by atoms with Crippen molar-refractivity contribution in [1.29, 1.82) is 0 Å². The minimum absolute atomic E-state index is 0.199. The first-order valence-corrected chi connectivity index (χ1v) is 6.73. The van der Waals surface area contributed by atoms with Crippen molar-refractivity contribution in [3.05, 3.63) is 35.6 Å². The van der Waals surface area contributed by atoms with E-state index >= 15 is 0 Å². The van der Waals surface area contributed by atoms with E-state index in [-0.39, 0.29) is 17.8 Å². The molecule has 1 aromatic carbocycles. The Morgan fingerprint density at radius 2 is 2.05 bits per heavy atom. The van der Waals surface area contributed by atoms with E-state index in [1.165, 1.54) is 6.07 Å². The smallest absolute Gasteiger partial charge is 0.127 e. The Balaban J connectivity index is 2.48. The van der Waals surface area contributed by atoms with Crippen LogP contribution in [0.4, 0.5) is 4.39 Å². The molecule has 0 aliphatic rings. The van der Waals surface area contributed by atoms with Gasteiger partial charge in [0.05, 0.1) is 0 Å². The third kappa shape index (κ3) is 5.27. The molecule has 0 fully saturated rings. The van der Waals surface area contributed by atoms with Crippen LogP contribution in [0.2, 0.25) is 0 Å². The molecule has 0 bridgehead atoms. The number of halogens is 1. The van der Waals surface area contributed by atoms with Gasteiger partial charge in [0.25, 0.3) is 0 Å². The minimum atomic E-state index is -0.272. The van der Waals surface area contributed by atoms with Gasteiger partial charge in [-0.1, -0.05) is 25.1 Å². The van der Waals surface area contributed by atoms with Crippen LogP contribution in [0.1, 0.15) is 24.9 Å². The molecule has 2 unspecified atom stereocenters. The van der Waals surface area contributed by atoms with Gasteiger partial charge < -0.3 is 15.4 Å². The maximum atomic E-state index is 13.7. The molecular weight excluding hydrogens is 243 g/mol. The van der Waals surface area contributed by atoms with Gasteiger partial charge in [-0.25, -0.2) is 4.39 Å². The van der Waals surface area contributed by atoms with E-state index < -0.39 is 0 Å². The van der Waals surface area contributed by atoms with Gasteiger partial charge in [0, 0.05) is 38.4 Å². The number of rotatable bonds is 8. The van der Waals surface area contributed by atoms with E-state index in [1.54, 1.807) is 19.2 Å². The number of methoxy groups -OCH3 is 1. The first-order chi connectivity index (χ1) is 9.06. The zero-order chi connectivity index (χ0) is 14.3. The number of nitrogens with zero attached hydrogens (tertiary/aromatic N) is 1. The summed E-state index contributed by atoms with van der Waals surface area (Å²) in [4.78, 5) is 2.21. The summed E-state index contributed by atoms with van der Waals surface area (Å²) >= 11 is 0. The van der Waals surface area contributed by atoms with E-state index in [0.29, 0.717) is 5.56 Å². The predicted octanol–water partition coefficient (Wildman–Crippen LogP) is 2.43. The zero-order valence-electron chi connectivity index (χ0n) is 12.1. The first-order valence-electron chi connectivity index (χ1n) is 6.73. The van der Waals surface area contributed by atoms with Crippen molar-refractivity contribution < 1.29 is 9.13 Å². The molecule has 0 amide bonds. The number of ether oxygens (including phenoxy) is 1. The number of hydrogen-bond acceptors (Lipinski definition) is 3. The molecule has 0 heterocycles. The number of nitrogens with two attached hydrogens (primary N) is 1.